The Hall–Kier alpha value is -2.56. The molecule has 6 aliphatic heterocycles. The Morgan fingerprint density at radius 1 is 0.375 bits per heavy atom. The highest BCUT2D eigenvalue weighted by Gasteiger charge is 2.59. The van der Waals surface area contributed by atoms with Gasteiger partial charge >= 0.3 is 7.82 Å². The molecule has 6 aliphatic rings. The molecule has 3 amide bonds. The van der Waals surface area contributed by atoms with Crippen LogP contribution in [0.15, 0.2) is 0 Å². The number of phosphoric ester groups is 1. The fourth-order valence-corrected chi connectivity index (χ4v) is 10.2. The molecule has 0 aliphatic carbocycles. The Morgan fingerprint density at radius 2 is 0.725 bits per heavy atom. The van der Waals surface area contributed by atoms with E-state index in [0.29, 0.717) is 0 Å². The van der Waals surface area contributed by atoms with Crippen LogP contribution in [-0.2, 0) is 75.6 Å². The molecule has 0 aromatic carbocycles. The first kappa shape index (κ1) is 66.6. The summed E-state index contributed by atoms with van der Waals surface area (Å²) < 4.78 is 80.2. The van der Waals surface area contributed by atoms with Crippen LogP contribution in [0.5, 0.6) is 0 Å². The van der Waals surface area contributed by atoms with Crippen LogP contribution >= 0.6 is 7.82 Å². The lowest BCUT2D eigenvalue weighted by Crippen LogP contribution is -2.72. The minimum atomic E-state index is -5.48. The van der Waals surface area contributed by atoms with Crippen LogP contribution in [0.25, 0.3) is 0 Å². The maximum absolute atomic E-state index is 12.8. The summed E-state index contributed by atoms with van der Waals surface area (Å²) >= 11 is 0. The largest absolute Gasteiger partial charge is 0.469 e. The van der Waals surface area contributed by atoms with E-state index in [1.165, 1.54) is 0 Å². The third kappa shape index (κ3) is 15.3. The maximum Gasteiger partial charge on any atom is 0.469 e. The van der Waals surface area contributed by atoms with E-state index in [9.17, 15) is 110 Å². The Kier molecular flexibility index (Phi) is 23.8. The van der Waals surface area contributed by atoms with E-state index in [0.717, 1.165) is 20.8 Å². The molecule has 6 rings (SSSR count). The Bertz CT molecular complexity index is 2050. The summed E-state index contributed by atoms with van der Waals surface area (Å²) in [6, 6.07) is -5.60. The molecular formula is C42H72N3O34P. The summed E-state index contributed by atoms with van der Waals surface area (Å²) in [6.45, 7) is -3.41. The molecule has 0 bridgehead atoms. The second-order valence-corrected chi connectivity index (χ2v) is 20.8. The highest BCUT2D eigenvalue weighted by molar-refractivity contribution is 7.46. The molecule has 21 N–H and O–H groups in total. The van der Waals surface area contributed by atoms with Crippen molar-refractivity contribution in [2.45, 2.75) is 205 Å². The topological polar surface area (TPSA) is 579 Å². The first-order chi connectivity index (χ1) is 37.6. The van der Waals surface area contributed by atoms with Crippen LogP contribution in [0.3, 0.4) is 0 Å². The van der Waals surface area contributed by atoms with Gasteiger partial charge in [-0.05, 0) is 0 Å². The summed E-state index contributed by atoms with van der Waals surface area (Å²) in [7, 11) is -5.48. The number of phosphoric acid groups is 1. The number of aliphatic hydroxyl groups is 16. The van der Waals surface area contributed by atoms with Crippen LogP contribution in [0, 0.1) is 0 Å². The van der Waals surface area contributed by atoms with Crippen molar-refractivity contribution in [3.8, 4) is 0 Å². The van der Waals surface area contributed by atoms with Gasteiger partial charge in [0.15, 0.2) is 37.7 Å². The summed E-state index contributed by atoms with van der Waals surface area (Å²) in [5, 5.41) is 179. The van der Waals surface area contributed by atoms with Crippen molar-refractivity contribution in [1.82, 2.24) is 16.0 Å². The van der Waals surface area contributed by atoms with Gasteiger partial charge in [0, 0.05) is 20.8 Å². The van der Waals surface area contributed by atoms with Gasteiger partial charge in [-0.3, -0.25) is 18.9 Å². The highest BCUT2D eigenvalue weighted by atomic mass is 31.2. The van der Waals surface area contributed by atoms with E-state index < -0.39 is 249 Å². The van der Waals surface area contributed by atoms with Crippen molar-refractivity contribution in [1.29, 1.82) is 0 Å². The van der Waals surface area contributed by atoms with Crippen LogP contribution in [0.1, 0.15) is 20.8 Å². The van der Waals surface area contributed by atoms with Gasteiger partial charge in [-0.15, -0.1) is 0 Å². The Labute approximate surface area is 452 Å². The van der Waals surface area contributed by atoms with Crippen molar-refractivity contribution >= 4 is 25.5 Å². The molecular weight excluding hydrogens is 1120 g/mol. The minimum Gasteiger partial charge on any atom is -0.394 e. The van der Waals surface area contributed by atoms with Crippen LogP contribution < -0.4 is 16.0 Å². The lowest BCUT2D eigenvalue weighted by molar-refractivity contribution is -0.380. The normalized spacial score (nSPS) is 46.6. The van der Waals surface area contributed by atoms with Crippen molar-refractivity contribution in [2.75, 3.05) is 39.6 Å². The van der Waals surface area contributed by atoms with E-state index in [4.69, 9.17) is 56.6 Å². The smallest absolute Gasteiger partial charge is 0.394 e. The summed E-state index contributed by atoms with van der Waals surface area (Å²) in [5.41, 5.74) is 0. The highest BCUT2D eigenvalue weighted by Crippen LogP contribution is 2.40. The third-order valence-electron chi connectivity index (χ3n) is 13.9. The molecule has 0 unspecified atom stereocenters. The van der Waals surface area contributed by atoms with Crippen molar-refractivity contribution in [3.63, 3.8) is 0 Å². The predicted octanol–water partition coefficient (Wildman–Crippen LogP) is -13.6. The average molecular weight is 1190 g/mol. The zero-order valence-electron chi connectivity index (χ0n) is 42.6. The van der Waals surface area contributed by atoms with E-state index in [2.05, 4.69) is 16.0 Å². The van der Waals surface area contributed by atoms with E-state index in [1.807, 2.05) is 0 Å². The summed E-state index contributed by atoms with van der Waals surface area (Å²) in [4.78, 5) is 57.8. The van der Waals surface area contributed by atoms with Gasteiger partial charge in [-0.1, -0.05) is 0 Å². The number of aliphatic hydroxyl groups excluding tert-OH is 16. The second kappa shape index (κ2) is 28.6. The lowest BCUT2D eigenvalue weighted by Gasteiger charge is -2.51. The fraction of sp³-hybridized carbons (Fsp3) is 0.929. The van der Waals surface area contributed by atoms with E-state index in [-0.39, 0.29) is 0 Å². The quantitative estimate of drug-likeness (QED) is 0.0475. The van der Waals surface area contributed by atoms with Gasteiger partial charge in [-0.2, -0.15) is 0 Å². The molecule has 6 heterocycles. The molecule has 0 aromatic heterocycles. The van der Waals surface area contributed by atoms with Crippen molar-refractivity contribution in [3.05, 3.63) is 0 Å². The lowest BCUT2D eigenvalue weighted by atomic mass is 9.93. The van der Waals surface area contributed by atoms with E-state index in [1.54, 1.807) is 0 Å². The van der Waals surface area contributed by atoms with Crippen LogP contribution in [-0.4, -0.2) is 333 Å². The van der Waals surface area contributed by atoms with Gasteiger partial charge in [-0.25, -0.2) is 4.57 Å². The standard InChI is InChI=1S/C42H72N3O34P/c1-10(51)43-19-25(57)32(75-40-21(45-12(3)53)35(23(55)14(5-47)70-40)78-41-30(62)27(59)22(54)13(4-46)71-41)17(8-50)73-38(19)76-34-18(9-68-80(65,66)67)74-39(20(26(34)58)44-11(2)52)79-36-24(56)15(6-48)72-42(31(36)63)77-33-16(7-49)69-37(64)29(61)28(33)60/h13-42,46-50,54-64H,4-9H2,1-3H3,(H,43,51)(H,44,52)(H,45,53)(H2,65,66,67)/t13-,14-,15-,16-,17-,18-,19-,20-,21-,22+,23+,24-,25-,26-,27+,28-,29-,30-,31+,32+,33-,34-,35-,36+,37-,38+,39+,40-,41+,42+/m1/s1. The van der Waals surface area contributed by atoms with Gasteiger partial charge in [0.25, 0.3) is 0 Å². The molecule has 0 saturated carbocycles. The van der Waals surface area contributed by atoms with Gasteiger partial charge in [0.2, 0.25) is 17.7 Å². The van der Waals surface area contributed by atoms with Gasteiger partial charge in [0.1, 0.15) is 146 Å². The third-order valence-corrected chi connectivity index (χ3v) is 14.3. The van der Waals surface area contributed by atoms with Gasteiger partial charge in [0.05, 0.1) is 39.6 Å². The van der Waals surface area contributed by atoms with Crippen LogP contribution in [0.4, 0.5) is 0 Å². The molecule has 464 valence electrons. The molecule has 80 heavy (non-hydrogen) atoms. The molecule has 38 heteroatoms. The number of carbonyl (C=O) groups excluding carboxylic acids is 3. The van der Waals surface area contributed by atoms with Crippen LogP contribution in [0.2, 0.25) is 0 Å². The minimum absolute atomic E-state index is 0.858. The first-order valence-corrected chi connectivity index (χ1v) is 26.4. The molecule has 0 aromatic rings. The Balaban J connectivity index is 1.29. The molecule has 6 fully saturated rings. The predicted molar refractivity (Wildman–Crippen MR) is 245 cm³/mol. The molecule has 0 spiro atoms. The zero-order chi connectivity index (χ0) is 59.4. The molecule has 6 saturated heterocycles. The van der Waals surface area contributed by atoms with E-state index >= 15 is 0 Å². The first-order valence-electron chi connectivity index (χ1n) is 24.8. The molecule has 0 radical (unpaired) electrons. The molecule has 30 atom stereocenters. The summed E-state index contributed by atoms with van der Waals surface area (Å²) in [6.07, 6.45) is -53.1. The number of hydrogen-bond donors (Lipinski definition) is 21. The number of ether oxygens (including phenoxy) is 11. The second-order valence-electron chi connectivity index (χ2n) is 19.6. The fourth-order valence-electron chi connectivity index (χ4n) is 9.89. The SMILES string of the molecule is CC(=O)N[C@H]1[C@H](O[C@H]2[C@H](O)[C@@H](NC(C)=O)[C@H](O[C@@H]3[C@H](O)[C@H](O[C@H]4[C@H](O)[C@@H](O)[C@H](O)O[C@@H]4CO)O[C@H](CO)[C@H]3O)O[C@@H]2COP(=O)(O)O)O[C@H](CO)[C@H](O[C@H]2O[C@H](CO)[C@H](O)[C@H](O[C@@H]3O[C@H](CO)[C@H](O)[C@H](O)[C@H]3O)[C@H]2NC(C)=O)[C@@H]1O. The Morgan fingerprint density at radius 3 is 1.21 bits per heavy atom. The molecule has 37 nitrogen and oxygen atoms in total. The van der Waals surface area contributed by atoms with Crippen molar-refractivity contribution < 1.29 is 167 Å². The zero-order valence-corrected chi connectivity index (χ0v) is 43.5. The van der Waals surface area contributed by atoms with Gasteiger partial charge < -0.3 is 160 Å². The monoisotopic (exact) mass is 1190 g/mol. The average Bonchev–Trinajstić information content (AvgIpc) is 3.57. The number of amides is 3. The number of hydrogen-bond acceptors (Lipinski definition) is 32. The number of rotatable bonds is 21. The summed E-state index contributed by atoms with van der Waals surface area (Å²) in [5.74, 6) is -2.73. The van der Waals surface area contributed by atoms with Crippen molar-refractivity contribution in [2.24, 2.45) is 0 Å². The maximum atomic E-state index is 12.8. The number of nitrogens with one attached hydrogen (secondary N) is 3. The number of carbonyl (C=O) groups is 3.